The number of aromatic nitrogens is 3. The van der Waals surface area contributed by atoms with Crippen molar-refractivity contribution < 1.29 is 19.0 Å². The number of ether oxygens (including phenoxy) is 1. The first kappa shape index (κ1) is 23.0. The first-order valence-corrected chi connectivity index (χ1v) is 11.9. The van der Waals surface area contributed by atoms with Gasteiger partial charge in [0.05, 0.1) is 18.2 Å². The minimum absolute atomic E-state index is 0.269. The summed E-state index contributed by atoms with van der Waals surface area (Å²) in [6.07, 6.45) is 4.20. The van der Waals surface area contributed by atoms with Crippen molar-refractivity contribution in [1.29, 1.82) is 0 Å². The van der Waals surface area contributed by atoms with Gasteiger partial charge in [0.15, 0.2) is 5.65 Å². The first-order valence-electron chi connectivity index (χ1n) is 11.9. The Balaban J connectivity index is 1.35. The Kier molecular flexibility index (Phi) is 6.24. The van der Waals surface area contributed by atoms with Crippen LogP contribution < -0.4 is 4.74 Å². The first-order chi connectivity index (χ1) is 16.9. The van der Waals surface area contributed by atoms with Crippen LogP contribution in [0.3, 0.4) is 0 Å². The van der Waals surface area contributed by atoms with E-state index in [2.05, 4.69) is 27.1 Å². The Morgan fingerprint density at radius 2 is 1.80 bits per heavy atom. The molecule has 0 amide bonds. The second kappa shape index (κ2) is 9.49. The van der Waals surface area contributed by atoms with Crippen LogP contribution in [0, 0.1) is 18.7 Å². The van der Waals surface area contributed by atoms with Gasteiger partial charge in [0.2, 0.25) is 5.88 Å². The van der Waals surface area contributed by atoms with Gasteiger partial charge < -0.3 is 14.8 Å². The lowest BCUT2D eigenvalue weighted by Crippen LogP contribution is -2.16. The molecule has 1 aliphatic rings. The number of carboxylic acid groups (broad SMARTS) is 1. The number of aromatic amines is 1. The van der Waals surface area contributed by atoms with Gasteiger partial charge in [-0.25, -0.2) is 9.37 Å². The van der Waals surface area contributed by atoms with E-state index < -0.39 is 5.97 Å². The summed E-state index contributed by atoms with van der Waals surface area (Å²) in [6, 6.07) is 15.4. The SMILES string of the molecule is COc1ccc2[nH]c(-c3c(C)cc(-c4ccc(C5CCC(CC(=O)O)CC5)cc4)cc3F)nc2n1. The van der Waals surface area contributed by atoms with Crippen LogP contribution in [-0.2, 0) is 4.79 Å². The minimum Gasteiger partial charge on any atom is -0.481 e. The normalized spacial score (nSPS) is 18.0. The molecule has 6 nitrogen and oxygen atoms in total. The topological polar surface area (TPSA) is 88.1 Å². The molecule has 1 saturated carbocycles. The molecule has 1 aliphatic carbocycles. The number of imidazole rings is 1. The van der Waals surface area contributed by atoms with Gasteiger partial charge in [0.1, 0.15) is 11.6 Å². The number of halogens is 1. The van der Waals surface area contributed by atoms with Gasteiger partial charge in [-0.1, -0.05) is 30.3 Å². The fourth-order valence-electron chi connectivity index (χ4n) is 5.21. The largest absolute Gasteiger partial charge is 0.481 e. The molecule has 0 atom stereocenters. The summed E-state index contributed by atoms with van der Waals surface area (Å²) in [4.78, 5) is 22.9. The van der Waals surface area contributed by atoms with Crippen molar-refractivity contribution in [2.75, 3.05) is 7.11 Å². The van der Waals surface area contributed by atoms with Crippen molar-refractivity contribution in [2.45, 2.75) is 44.9 Å². The Morgan fingerprint density at radius 1 is 1.06 bits per heavy atom. The summed E-state index contributed by atoms with van der Waals surface area (Å²) in [6.45, 7) is 1.88. The lowest BCUT2D eigenvalue weighted by molar-refractivity contribution is -0.138. The Bertz CT molecular complexity index is 1350. The summed E-state index contributed by atoms with van der Waals surface area (Å²) in [5.74, 6) is 0.596. The molecule has 0 radical (unpaired) electrons. The third-order valence-corrected chi connectivity index (χ3v) is 7.08. The van der Waals surface area contributed by atoms with Crippen LogP contribution >= 0.6 is 0 Å². The van der Waals surface area contributed by atoms with Crippen LogP contribution in [0.15, 0.2) is 48.5 Å². The highest BCUT2D eigenvalue weighted by Gasteiger charge is 2.24. The summed E-state index contributed by atoms with van der Waals surface area (Å²) < 4.78 is 20.5. The molecule has 180 valence electrons. The number of hydrogen-bond donors (Lipinski definition) is 2. The molecule has 1 fully saturated rings. The van der Waals surface area contributed by atoms with Gasteiger partial charge in [0.25, 0.3) is 0 Å². The number of nitrogens with zero attached hydrogens (tertiary/aromatic N) is 2. The van der Waals surface area contributed by atoms with Crippen LogP contribution in [0.4, 0.5) is 4.39 Å². The van der Waals surface area contributed by atoms with Gasteiger partial charge in [-0.2, -0.15) is 4.98 Å². The van der Waals surface area contributed by atoms with Crippen LogP contribution in [0.1, 0.15) is 49.1 Å². The molecule has 2 N–H and O–H groups in total. The zero-order valence-electron chi connectivity index (χ0n) is 19.8. The molecule has 0 spiro atoms. The third-order valence-electron chi connectivity index (χ3n) is 7.08. The minimum atomic E-state index is -0.705. The average molecular weight is 474 g/mol. The second-order valence-electron chi connectivity index (χ2n) is 9.40. The number of rotatable bonds is 6. The maximum atomic E-state index is 15.3. The van der Waals surface area contributed by atoms with Crippen molar-refractivity contribution in [3.05, 3.63) is 65.5 Å². The fourth-order valence-corrected chi connectivity index (χ4v) is 5.21. The Hall–Kier alpha value is -3.74. The van der Waals surface area contributed by atoms with E-state index in [0.29, 0.717) is 28.8 Å². The van der Waals surface area contributed by atoms with E-state index in [1.165, 1.54) is 5.56 Å². The summed E-state index contributed by atoms with van der Waals surface area (Å²) >= 11 is 0. The zero-order valence-corrected chi connectivity index (χ0v) is 19.8. The predicted molar refractivity (Wildman–Crippen MR) is 133 cm³/mol. The van der Waals surface area contributed by atoms with Gasteiger partial charge >= 0.3 is 5.97 Å². The van der Waals surface area contributed by atoms with Crippen LogP contribution in [0.5, 0.6) is 5.88 Å². The van der Waals surface area contributed by atoms with Gasteiger partial charge in [-0.3, -0.25) is 4.79 Å². The monoisotopic (exact) mass is 473 g/mol. The second-order valence-corrected chi connectivity index (χ2v) is 9.40. The summed E-state index contributed by atoms with van der Waals surface area (Å²) in [5, 5.41) is 9.02. The number of benzene rings is 2. The number of carboxylic acids is 1. The highest BCUT2D eigenvalue weighted by Crippen LogP contribution is 2.38. The lowest BCUT2D eigenvalue weighted by Gasteiger charge is -2.28. The molecule has 5 rings (SSSR count). The molecule has 2 aromatic carbocycles. The van der Waals surface area contributed by atoms with E-state index >= 15 is 4.39 Å². The van der Waals surface area contributed by atoms with Gasteiger partial charge in [-0.15, -0.1) is 0 Å². The number of hydrogen-bond acceptors (Lipinski definition) is 4. The van der Waals surface area contributed by atoms with E-state index in [1.807, 2.05) is 31.2 Å². The Morgan fingerprint density at radius 3 is 2.46 bits per heavy atom. The molecule has 2 aromatic heterocycles. The number of aliphatic carboxylic acids is 1. The molecule has 35 heavy (non-hydrogen) atoms. The molecular weight excluding hydrogens is 445 g/mol. The van der Waals surface area contributed by atoms with Crippen molar-refractivity contribution >= 4 is 17.1 Å². The molecule has 0 unspecified atom stereocenters. The van der Waals surface area contributed by atoms with Gasteiger partial charge in [-0.05, 0) is 78.8 Å². The van der Waals surface area contributed by atoms with E-state index in [4.69, 9.17) is 9.84 Å². The smallest absolute Gasteiger partial charge is 0.303 e. The van der Waals surface area contributed by atoms with Crippen molar-refractivity contribution in [3.8, 4) is 28.4 Å². The number of methoxy groups -OCH3 is 1. The highest BCUT2D eigenvalue weighted by atomic mass is 19.1. The van der Waals surface area contributed by atoms with Crippen LogP contribution in [0.2, 0.25) is 0 Å². The third kappa shape index (κ3) is 4.76. The number of H-pyrrole nitrogens is 1. The summed E-state index contributed by atoms with van der Waals surface area (Å²) in [5.41, 5.74) is 5.45. The van der Waals surface area contributed by atoms with E-state index in [1.54, 1.807) is 19.2 Å². The number of aryl methyl sites for hydroxylation is 1. The van der Waals surface area contributed by atoms with Crippen molar-refractivity contribution in [1.82, 2.24) is 15.0 Å². The van der Waals surface area contributed by atoms with Crippen molar-refractivity contribution in [3.63, 3.8) is 0 Å². The molecule has 0 aliphatic heterocycles. The average Bonchev–Trinajstić information content (AvgIpc) is 3.26. The quantitative estimate of drug-likeness (QED) is 0.334. The maximum absolute atomic E-state index is 15.3. The Labute approximate surface area is 203 Å². The van der Waals surface area contributed by atoms with E-state index in [0.717, 1.165) is 47.9 Å². The van der Waals surface area contributed by atoms with Crippen molar-refractivity contribution in [2.24, 2.45) is 5.92 Å². The number of pyridine rings is 1. The van der Waals surface area contributed by atoms with E-state index in [-0.39, 0.29) is 18.2 Å². The predicted octanol–water partition coefficient (Wildman–Crippen LogP) is 6.50. The standard InChI is InChI=1S/C28H28FN3O3/c1-16-13-21(15-22(29)26(16)28-30-23-11-12-24(35-2)31-27(23)32-28)20-9-7-19(8-10-20)18-5-3-17(4-6-18)14-25(33)34/h7-13,15,17-18H,3-6,14H2,1-2H3,(H,33,34)(H,30,31,32). The maximum Gasteiger partial charge on any atom is 0.303 e. The molecular formula is C28H28FN3O3. The molecule has 4 aromatic rings. The van der Waals surface area contributed by atoms with Crippen LogP contribution in [0.25, 0.3) is 33.7 Å². The summed E-state index contributed by atoms with van der Waals surface area (Å²) in [7, 11) is 1.55. The van der Waals surface area contributed by atoms with E-state index in [9.17, 15) is 4.79 Å². The van der Waals surface area contributed by atoms with Gasteiger partial charge in [0, 0.05) is 12.5 Å². The molecule has 0 bridgehead atoms. The molecule has 7 heteroatoms. The number of fused-ring (bicyclic) bond motifs is 1. The fraction of sp³-hybridized carbons (Fsp3) is 0.321. The highest BCUT2D eigenvalue weighted by molar-refractivity contribution is 5.79. The molecule has 0 saturated heterocycles. The lowest BCUT2D eigenvalue weighted by atomic mass is 9.77. The number of carbonyl (C=O) groups is 1. The zero-order chi connectivity index (χ0) is 24.5. The molecule has 2 heterocycles. The number of nitrogens with one attached hydrogen (secondary N) is 1. The van der Waals surface area contributed by atoms with Crippen LogP contribution in [-0.4, -0.2) is 33.1 Å².